The van der Waals surface area contributed by atoms with E-state index in [9.17, 15) is 13.2 Å². The Morgan fingerprint density at radius 1 is 1.22 bits per heavy atom. The van der Waals surface area contributed by atoms with Crippen LogP contribution in [0.1, 0.15) is 6.92 Å². The lowest BCUT2D eigenvalue weighted by atomic mass is 10.4. The highest BCUT2D eigenvalue weighted by Gasteiger charge is 2.14. The summed E-state index contributed by atoms with van der Waals surface area (Å²) in [7, 11) is -3.79. The van der Waals surface area contributed by atoms with Crippen molar-refractivity contribution < 1.29 is 22.1 Å². The standard InChI is InChI=1S/C12H14O5S/c1-10(2)12(13)16-8-9-17-18(14,15)11-6-4-3-5-7-11/h3-7H,1,8-9H2,2H3. The smallest absolute Gasteiger partial charge is 0.333 e. The second-order valence-electron chi connectivity index (χ2n) is 3.51. The zero-order valence-electron chi connectivity index (χ0n) is 9.96. The fourth-order valence-corrected chi connectivity index (χ4v) is 1.97. The topological polar surface area (TPSA) is 69.7 Å². The Balaban J connectivity index is 2.45. The molecule has 0 saturated heterocycles. The lowest BCUT2D eigenvalue weighted by molar-refractivity contribution is -0.139. The molecule has 1 aromatic carbocycles. The van der Waals surface area contributed by atoms with Crippen LogP contribution in [-0.4, -0.2) is 27.6 Å². The van der Waals surface area contributed by atoms with Crippen LogP contribution >= 0.6 is 0 Å². The highest BCUT2D eigenvalue weighted by atomic mass is 32.2. The van der Waals surface area contributed by atoms with Crippen molar-refractivity contribution in [2.75, 3.05) is 13.2 Å². The summed E-state index contributed by atoms with van der Waals surface area (Å²) in [4.78, 5) is 11.1. The Bertz CT molecular complexity index is 519. The number of carbonyl (C=O) groups is 1. The van der Waals surface area contributed by atoms with Crippen LogP contribution in [0.25, 0.3) is 0 Å². The summed E-state index contributed by atoms with van der Waals surface area (Å²) in [5.74, 6) is -0.573. The maximum Gasteiger partial charge on any atom is 0.333 e. The van der Waals surface area contributed by atoms with Crippen LogP contribution in [0.15, 0.2) is 47.4 Å². The third kappa shape index (κ3) is 4.31. The van der Waals surface area contributed by atoms with E-state index in [-0.39, 0.29) is 23.7 Å². The molecule has 18 heavy (non-hydrogen) atoms. The molecule has 1 rings (SSSR count). The molecule has 0 spiro atoms. The zero-order valence-corrected chi connectivity index (χ0v) is 10.8. The van der Waals surface area contributed by atoms with E-state index in [1.807, 2.05) is 0 Å². The molecule has 0 N–H and O–H groups in total. The first-order valence-electron chi connectivity index (χ1n) is 5.20. The Kier molecular flexibility index (Phi) is 5.06. The molecule has 0 aromatic heterocycles. The maximum absolute atomic E-state index is 11.6. The predicted molar refractivity (Wildman–Crippen MR) is 65.4 cm³/mol. The summed E-state index contributed by atoms with van der Waals surface area (Å²) in [6.45, 7) is 4.53. The van der Waals surface area contributed by atoms with E-state index in [0.717, 1.165) is 0 Å². The molecule has 1 aromatic rings. The number of carbonyl (C=O) groups excluding carboxylic acids is 1. The monoisotopic (exact) mass is 270 g/mol. The minimum Gasteiger partial charge on any atom is -0.460 e. The van der Waals surface area contributed by atoms with E-state index in [2.05, 4.69) is 6.58 Å². The van der Waals surface area contributed by atoms with Crippen LogP contribution in [0.5, 0.6) is 0 Å². The summed E-state index contributed by atoms with van der Waals surface area (Å²) >= 11 is 0. The van der Waals surface area contributed by atoms with Crippen molar-refractivity contribution in [2.24, 2.45) is 0 Å². The van der Waals surface area contributed by atoms with Gasteiger partial charge in [0.1, 0.15) is 13.2 Å². The summed E-state index contributed by atoms with van der Waals surface area (Å²) in [6, 6.07) is 7.74. The molecule has 0 fully saturated rings. The normalized spacial score (nSPS) is 10.9. The van der Waals surface area contributed by atoms with Gasteiger partial charge in [0.2, 0.25) is 0 Å². The molecule has 0 radical (unpaired) electrons. The summed E-state index contributed by atoms with van der Waals surface area (Å²) in [5.41, 5.74) is 0.251. The van der Waals surface area contributed by atoms with Crippen LogP contribution in [0, 0.1) is 0 Å². The highest BCUT2D eigenvalue weighted by Crippen LogP contribution is 2.10. The molecule has 0 saturated carbocycles. The van der Waals surface area contributed by atoms with E-state index in [1.165, 1.54) is 19.1 Å². The Morgan fingerprint density at radius 3 is 2.39 bits per heavy atom. The van der Waals surface area contributed by atoms with E-state index >= 15 is 0 Å². The molecule has 0 atom stereocenters. The van der Waals surface area contributed by atoms with Crippen LogP contribution in [-0.2, 0) is 23.8 Å². The molecule has 0 aliphatic heterocycles. The second-order valence-corrected chi connectivity index (χ2v) is 5.12. The molecule has 6 heteroatoms. The van der Waals surface area contributed by atoms with Crippen molar-refractivity contribution in [1.82, 2.24) is 0 Å². The Morgan fingerprint density at radius 2 is 1.83 bits per heavy atom. The average molecular weight is 270 g/mol. The largest absolute Gasteiger partial charge is 0.460 e. The lowest BCUT2D eigenvalue weighted by Gasteiger charge is -2.06. The SMILES string of the molecule is C=C(C)C(=O)OCCOS(=O)(=O)c1ccccc1. The van der Waals surface area contributed by atoms with E-state index < -0.39 is 16.1 Å². The number of esters is 1. The second kappa shape index (κ2) is 6.32. The first-order chi connectivity index (χ1) is 8.43. The molecular formula is C12H14O5S. The number of benzene rings is 1. The molecule has 0 aliphatic carbocycles. The molecule has 5 nitrogen and oxygen atoms in total. The quantitative estimate of drug-likeness (QED) is 0.339. The van der Waals surface area contributed by atoms with Gasteiger partial charge in [0, 0.05) is 5.57 Å². The minimum atomic E-state index is -3.79. The van der Waals surface area contributed by atoms with Gasteiger partial charge in [0.25, 0.3) is 10.1 Å². The van der Waals surface area contributed by atoms with Gasteiger partial charge >= 0.3 is 5.97 Å². The van der Waals surface area contributed by atoms with Gasteiger partial charge in [0.05, 0.1) is 4.90 Å². The minimum absolute atomic E-state index is 0.0660. The Labute approximate surface area is 106 Å². The van der Waals surface area contributed by atoms with Gasteiger partial charge < -0.3 is 4.74 Å². The number of hydrogen-bond donors (Lipinski definition) is 0. The molecule has 0 heterocycles. The summed E-state index contributed by atoms with van der Waals surface area (Å²) < 4.78 is 32.7. The Hall–Kier alpha value is -1.66. The van der Waals surface area contributed by atoms with Crippen LogP contribution in [0.2, 0.25) is 0 Å². The van der Waals surface area contributed by atoms with Crippen LogP contribution in [0.4, 0.5) is 0 Å². The molecule has 0 aliphatic rings. The number of ether oxygens (including phenoxy) is 1. The van der Waals surface area contributed by atoms with Crippen molar-refractivity contribution in [1.29, 1.82) is 0 Å². The van der Waals surface area contributed by atoms with Gasteiger partial charge in [-0.25, -0.2) is 4.79 Å². The highest BCUT2D eigenvalue weighted by molar-refractivity contribution is 7.86. The van der Waals surface area contributed by atoms with Crippen molar-refractivity contribution in [3.05, 3.63) is 42.5 Å². The zero-order chi connectivity index (χ0) is 13.6. The van der Waals surface area contributed by atoms with Gasteiger partial charge in [0.15, 0.2) is 0 Å². The molecule has 0 amide bonds. The molecular weight excluding hydrogens is 256 g/mol. The van der Waals surface area contributed by atoms with Gasteiger partial charge in [-0.2, -0.15) is 8.42 Å². The van der Waals surface area contributed by atoms with Crippen LogP contribution < -0.4 is 0 Å². The lowest BCUT2D eigenvalue weighted by Crippen LogP contribution is -2.14. The third-order valence-corrected chi connectivity index (χ3v) is 3.26. The number of hydrogen-bond acceptors (Lipinski definition) is 5. The van der Waals surface area contributed by atoms with E-state index in [4.69, 9.17) is 8.92 Å². The first kappa shape index (κ1) is 14.4. The fourth-order valence-electron chi connectivity index (χ4n) is 1.06. The van der Waals surface area contributed by atoms with Gasteiger partial charge in [-0.3, -0.25) is 4.18 Å². The van der Waals surface area contributed by atoms with Crippen LogP contribution in [0.3, 0.4) is 0 Å². The molecule has 98 valence electrons. The van der Waals surface area contributed by atoms with Crippen molar-refractivity contribution in [2.45, 2.75) is 11.8 Å². The predicted octanol–water partition coefficient (Wildman–Crippen LogP) is 1.51. The van der Waals surface area contributed by atoms with E-state index in [0.29, 0.717) is 0 Å². The molecule has 0 bridgehead atoms. The van der Waals surface area contributed by atoms with Gasteiger partial charge in [-0.05, 0) is 19.1 Å². The fraction of sp³-hybridized carbons (Fsp3) is 0.250. The summed E-state index contributed by atoms with van der Waals surface area (Å²) in [5, 5.41) is 0. The van der Waals surface area contributed by atoms with Gasteiger partial charge in [-0.1, -0.05) is 24.8 Å². The summed E-state index contributed by atoms with van der Waals surface area (Å²) in [6.07, 6.45) is 0. The van der Waals surface area contributed by atoms with Crippen molar-refractivity contribution >= 4 is 16.1 Å². The first-order valence-corrected chi connectivity index (χ1v) is 6.61. The number of rotatable bonds is 6. The molecule has 0 unspecified atom stereocenters. The average Bonchev–Trinajstić information content (AvgIpc) is 2.35. The van der Waals surface area contributed by atoms with E-state index in [1.54, 1.807) is 18.2 Å². The maximum atomic E-state index is 11.6. The van der Waals surface area contributed by atoms with Crippen molar-refractivity contribution in [3.63, 3.8) is 0 Å². The third-order valence-electron chi connectivity index (χ3n) is 1.94. The van der Waals surface area contributed by atoms with Gasteiger partial charge in [-0.15, -0.1) is 0 Å². The van der Waals surface area contributed by atoms with Crippen molar-refractivity contribution in [3.8, 4) is 0 Å².